The minimum atomic E-state index is -0.118. The average molecular weight is 381 g/mol. The SMILES string of the molecule is Cc1sc2nc(CCNC(=O)Cc3[nH]nc4ccccc34)[nH]c(=O)c2c1C. The van der Waals surface area contributed by atoms with Crippen molar-refractivity contribution in [1.82, 2.24) is 25.5 Å². The van der Waals surface area contributed by atoms with Crippen molar-refractivity contribution in [3.63, 3.8) is 0 Å². The van der Waals surface area contributed by atoms with Crippen LogP contribution in [0.2, 0.25) is 0 Å². The third-order valence-corrected chi connectivity index (χ3v) is 5.75. The smallest absolute Gasteiger partial charge is 0.259 e. The number of benzene rings is 1. The van der Waals surface area contributed by atoms with Gasteiger partial charge in [-0.1, -0.05) is 18.2 Å². The third-order valence-electron chi connectivity index (χ3n) is 4.65. The van der Waals surface area contributed by atoms with Crippen LogP contribution in [-0.2, 0) is 17.6 Å². The van der Waals surface area contributed by atoms with E-state index in [0.717, 1.165) is 31.9 Å². The minimum absolute atomic E-state index is 0.101. The molecule has 7 nitrogen and oxygen atoms in total. The Bertz CT molecular complexity index is 1200. The minimum Gasteiger partial charge on any atom is -0.355 e. The van der Waals surface area contributed by atoms with Crippen molar-refractivity contribution < 1.29 is 4.79 Å². The Morgan fingerprint density at radius 1 is 1.26 bits per heavy atom. The maximum absolute atomic E-state index is 12.3. The highest BCUT2D eigenvalue weighted by Crippen LogP contribution is 2.25. The number of carbonyl (C=O) groups is 1. The molecule has 0 aliphatic rings. The van der Waals surface area contributed by atoms with E-state index in [1.807, 2.05) is 38.1 Å². The van der Waals surface area contributed by atoms with Crippen LogP contribution in [0.4, 0.5) is 0 Å². The van der Waals surface area contributed by atoms with Gasteiger partial charge in [-0.2, -0.15) is 5.10 Å². The maximum atomic E-state index is 12.3. The summed E-state index contributed by atoms with van der Waals surface area (Å²) in [6, 6.07) is 7.68. The van der Waals surface area contributed by atoms with E-state index in [2.05, 4.69) is 25.5 Å². The van der Waals surface area contributed by atoms with Crippen LogP contribution in [0, 0.1) is 13.8 Å². The second-order valence-corrected chi connectivity index (χ2v) is 7.68. The van der Waals surface area contributed by atoms with Crippen LogP contribution in [-0.4, -0.2) is 32.6 Å². The van der Waals surface area contributed by atoms with Crippen molar-refractivity contribution in [3.8, 4) is 0 Å². The van der Waals surface area contributed by atoms with Crippen LogP contribution in [0.25, 0.3) is 21.1 Å². The molecule has 3 N–H and O–H groups in total. The molecule has 0 aliphatic heterocycles. The predicted octanol–water partition coefficient (Wildman–Crippen LogP) is 2.38. The van der Waals surface area contributed by atoms with Crippen molar-refractivity contribution in [3.05, 3.63) is 56.6 Å². The average Bonchev–Trinajstić information content (AvgIpc) is 3.16. The highest BCUT2D eigenvalue weighted by atomic mass is 32.1. The number of aromatic nitrogens is 4. The lowest BCUT2D eigenvalue weighted by Crippen LogP contribution is -2.28. The Kier molecular flexibility index (Phi) is 4.49. The van der Waals surface area contributed by atoms with Gasteiger partial charge in [0.15, 0.2) is 0 Å². The molecule has 0 bridgehead atoms. The van der Waals surface area contributed by atoms with Crippen molar-refractivity contribution in [1.29, 1.82) is 0 Å². The molecule has 0 unspecified atom stereocenters. The molecule has 27 heavy (non-hydrogen) atoms. The number of rotatable bonds is 5. The van der Waals surface area contributed by atoms with Crippen molar-refractivity contribution in [2.24, 2.45) is 0 Å². The van der Waals surface area contributed by atoms with E-state index < -0.39 is 0 Å². The van der Waals surface area contributed by atoms with Gasteiger partial charge in [-0.25, -0.2) is 4.98 Å². The lowest BCUT2D eigenvalue weighted by Gasteiger charge is -2.05. The number of nitrogens with zero attached hydrogens (tertiary/aromatic N) is 2. The fourth-order valence-electron chi connectivity index (χ4n) is 3.11. The summed E-state index contributed by atoms with van der Waals surface area (Å²) in [5, 5.41) is 11.6. The number of aryl methyl sites for hydroxylation is 2. The number of amides is 1. The standard InChI is InChI=1S/C19H19N5O2S/c1-10-11(2)27-19-17(10)18(26)21-15(22-19)7-8-20-16(25)9-14-12-5-3-4-6-13(12)23-24-14/h3-6H,7-9H2,1-2H3,(H,20,25)(H,23,24)(H,21,22,26). The van der Waals surface area contributed by atoms with Gasteiger partial charge in [0.1, 0.15) is 10.7 Å². The summed E-state index contributed by atoms with van der Waals surface area (Å²) < 4.78 is 0. The Labute approximate surface area is 158 Å². The lowest BCUT2D eigenvalue weighted by atomic mass is 10.1. The van der Waals surface area contributed by atoms with Crippen LogP contribution in [0.5, 0.6) is 0 Å². The number of para-hydroxylation sites is 1. The number of hydrogen-bond acceptors (Lipinski definition) is 5. The van der Waals surface area contributed by atoms with Crippen LogP contribution in [0.3, 0.4) is 0 Å². The van der Waals surface area contributed by atoms with Gasteiger partial charge >= 0.3 is 0 Å². The molecule has 0 saturated carbocycles. The van der Waals surface area contributed by atoms with Gasteiger partial charge in [-0.3, -0.25) is 14.7 Å². The topological polar surface area (TPSA) is 104 Å². The van der Waals surface area contributed by atoms with Gasteiger partial charge in [0, 0.05) is 23.2 Å². The molecule has 0 saturated heterocycles. The van der Waals surface area contributed by atoms with Crippen LogP contribution in [0.15, 0.2) is 29.1 Å². The molecule has 0 aliphatic carbocycles. The molecule has 0 atom stereocenters. The monoisotopic (exact) mass is 381 g/mol. The Morgan fingerprint density at radius 2 is 2.07 bits per heavy atom. The zero-order valence-corrected chi connectivity index (χ0v) is 15.9. The van der Waals surface area contributed by atoms with E-state index in [1.54, 1.807) is 0 Å². The van der Waals surface area contributed by atoms with Crippen LogP contribution < -0.4 is 10.9 Å². The van der Waals surface area contributed by atoms with Gasteiger partial charge in [0.2, 0.25) is 5.91 Å². The molecular formula is C19H19N5O2S. The number of fused-ring (bicyclic) bond motifs is 2. The summed E-state index contributed by atoms with van der Waals surface area (Å²) in [5.74, 6) is 0.483. The molecule has 138 valence electrons. The number of carbonyl (C=O) groups excluding carboxylic acids is 1. The molecule has 8 heteroatoms. The maximum Gasteiger partial charge on any atom is 0.259 e. The van der Waals surface area contributed by atoms with E-state index >= 15 is 0 Å². The largest absolute Gasteiger partial charge is 0.355 e. The molecule has 0 spiro atoms. The second kappa shape index (κ2) is 6.96. The van der Waals surface area contributed by atoms with Gasteiger partial charge in [0.05, 0.1) is 23.0 Å². The zero-order valence-electron chi connectivity index (χ0n) is 15.0. The zero-order chi connectivity index (χ0) is 19.0. The first-order valence-corrected chi connectivity index (χ1v) is 9.52. The summed E-state index contributed by atoms with van der Waals surface area (Å²) in [5.41, 5.74) is 2.50. The van der Waals surface area contributed by atoms with Gasteiger partial charge in [-0.05, 0) is 25.5 Å². The Morgan fingerprint density at radius 3 is 2.93 bits per heavy atom. The highest BCUT2D eigenvalue weighted by Gasteiger charge is 2.13. The molecule has 4 aromatic rings. The Hall–Kier alpha value is -3.00. The number of nitrogens with one attached hydrogen (secondary N) is 3. The van der Waals surface area contributed by atoms with Crippen molar-refractivity contribution in [2.45, 2.75) is 26.7 Å². The van der Waals surface area contributed by atoms with Crippen LogP contribution >= 0.6 is 11.3 Å². The highest BCUT2D eigenvalue weighted by molar-refractivity contribution is 7.18. The van der Waals surface area contributed by atoms with Crippen molar-refractivity contribution in [2.75, 3.05) is 6.54 Å². The number of aromatic amines is 2. The van der Waals surface area contributed by atoms with E-state index in [9.17, 15) is 9.59 Å². The molecule has 3 heterocycles. The fourth-order valence-corrected chi connectivity index (χ4v) is 4.16. The first-order valence-electron chi connectivity index (χ1n) is 8.70. The quantitative estimate of drug-likeness (QED) is 0.494. The van der Waals surface area contributed by atoms with E-state index in [0.29, 0.717) is 24.2 Å². The summed E-state index contributed by atoms with van der Waals surface area (Å²) in [6.45, 7) is 4.33. The van der Waals surface area contributed by atoms with Gasteiger partial charge in [-0.15, -0.1) is 11.3 Å². The summed E-state index contributed by atoms with van der Waals surface area (Å²) in [7, 11) is 0. The first-order chi connectivity index (χ1) is 13.0. The molecule has 1 amide bonds. The molecule has 0 radical (unpaired) electrons. The van der Waals surface area contributed by atoms with E-state index in [-0.39, 0.29) is 17.9 Å². The number of H-pyrrole nitrogens is 2. The normalized spacial score (nSPS) is 11.3. The molecule has 1 aromatic carbocycles. The summed E-state index contributed by atoms with van der Waals surface area (Å²) >= 11 is 1.52. The predicted molar refractivity (Wildman–Crippen MR) is 106 cm³/mol. The fraction of sp³-hybridized carbons (Fsp3) is 0.263. The molecule has 4 rings (SSSR count). The van der Waals surface area contributed by atoms with Crippen molar-refractivity contribution >= 4 is 38.4 Å². The molecular weight excluding hydrogens is 362 g/mol. The van der Waals surface area contributed by atoms with Crippen LogP contribution in [0.1, 0.15) is 22.0 Å². The van der Waals surface area contributed by atoms with E-state index in [4.69, 9.17) is 0 Å². The second-order valence-electron chi connectivity index (χ2n) is 6.47. The number of thiophene rings is 1. The molecule has 3 aromatic heterocycles. The van der Waals surface area contributed by atoms with Gasteiger partial charge in [0.25, 0.3) is 5.56 Å². The number of hydrogen-bond donors (Lipinski definition) is 3. The summed E-state index contributed by atoms with van der Waals surface area (Å²) in [6.07, 6.45) is 0.698. The summed E-state index contributed by atoms with van der Waals surface area (Å²) in [4.78, 5) is 33.7. The Balaban J connectivity index is 1.40. The lowest BCUT2D eigenvalue weighted by molar-refractivity contribution is -0.120. The molecule has 0 fully saturated rings. The van der Waals surface area contributed by atoms with Gasteiger partial charge < -0.3 is 10.3 Å². The van der Waals surface area contributed by atoms with E-state index in [1.165, 1.54) is 11.3 Å². The third kappa shape index (κ3) is 3.35. The first kappa shape index (κ1) is 17.4.